The zero-order valence-corrected chi connectivity index (χ0v) is 28.8. The molecule has 0 spiro atoms. The second-order valence-electron chi connectivity index (χ2n) is 10.4. The highest BCUT2D eigenvalue weighted by molar-refractivity contribution is 5.60. The molecule has 6 rings (SSSR count). The Bertz CT molecular complexity index is 1070. The summed E-state index contributed by atoms with van der Waals surface area (Å²) >= 11 is 0. The Kier molecular flexibility index (Phi) is 17.0. The molecular weight excluding hydrogens is 508 g/mol. The summed E-state index contributed by atoms with van der Waals surface area (Å²) in [6, 6.07) is 25.7. The average molecular weight is 567 g/mol. The number of anilines is 2. The lowest BCUT2D eigenvalue weighted by molar-refractivity contribution is 0.952. The Morgan fingerprint density at radius 1 is 0.357 bits per heavy atom. The Hall–Kier alpha value is -3.52. The standard InChI is InChI=1S/C12H14.2C11H13N.3C2H6/c1-9-7-11-5-3-4-6-12(11)8-10(9)2;2*1-8-7-10-5-3-4-6-11(10)12-9(8)2;3*1-2/h3-6H,7-8H2,1-2H3;2*3-6,12H,7H2,1-2H3;3*1-2H3. The maximum Gasteiger partial charge on any atom is 0.0417 e. The molecule has 2 aliphatic heterocycles. The maximum absolute atomic E-state index is 3.39. The monoisotopic (exact) mass is 566 g/mol. The predicted octanol–water partition coefficient (Wildman–Crippen LogP) is 12.1. The van der Waals surface area contributed by atoms with E-state index < -0.39 is 0 Å². The molecule has 0 bridgehead atoms. The van der Waals surface area contributed by atoms with Crippen LogP contribution in [0.5, 0.6) is 0 Å². The van der Waals surface area contributed by atoms with Crippen LogP contribution in [0.4, 0.5) is 11.4 Å². The van der Waals surface area contributed by atoms with E-state index in [1.807, 2.05) is 41.5 Å². The first-order valence-electron chi connectivity index (χ1n) is 16.1. The summed E-state index contributed by atoms with van der Waals surface area (Å²) in [6.45, 7) is 25.1. The molecule has 0 saturated heterocycles. The molecule has 42 heavy (non-hydrogen) atoms. The number of hydrogen-bond donors (Lipinski definition) is 2. The highest BCUT2D eigenvalue weighted by Gasteiger charge is 2.12. The van der Waals surface area contributed by atoms with Crippen LogP contribution in [0, 0.1) is 0 Å². The molecule has 0 amide bonds. The normalized spacial score (nSPS) is 13.9. The molecule has 3 aliphatic rings. The van der Waals surface area contributed by atoms with Crippen LogP contribution in [0.2, 0.25) is 0 Å². The van der Waals surface area contributed by atoms with Crippen molar-refractivity contribution in [3.8, 4) is 0 Å². The van der Waals surface area contributed by atoms with Crippen LogP contribution < -0.4 is 10.6 Å². The smallest absolute Gasteiger partial charge is 0.0417 e. The van der Waals surface area contributed by atoms with Crippen LogP contribution in [0.3, 0.4) is 0 Å². The highest BCUT2D eigenvalue weighted by Crippen LogP contribution is 2.28. The van der Waals surface area contributed by atoms with Gasteiger partial charge in [-0.25, -0.2) is 0 Å². The third-order valence-electron chi connectivity index (χ3n) is 7.63. The van der Waals surface area contributed by atoms with Crippen molar-refractivity contribution in [2.45, 2.75) is 109 Å². The number of rotatable bonds is 0. The van der Waals surface area contributed by atoms with Crippen molar-refractivity contribution in [1.82, 2.24) is 0 Å². The molecule has 0 atom stereocenters. The number of fused-ring (bicyclic) bond motifs is 3. The lowest BCUT2D eigenvalue weighted by Gasteiger charge is -2.20. The van der Waals surface area contributed by atoms with Gasteiger partial charge in [0.05, 0.1) is 0 Å². The van der Waals surface area contributed by atoms with Gasteiger partial charge in [0.1, 0.15) is 0 Å². The Balaban J connectivity index is 0.000000289. The van der Waals surface area contributed by atoms with Crippen LogP contribution in [0.25, 0.3) is 0 Å². The van der Waals surface area contributed by atoms with Crippen molar-refractivity contribution in [3.63, 3.8) is 0 Å². The van der Waals surface area contributed by atoms with Gasteiger partial charge in [0.2, 0.25) is 0 Å². The van der Waals surface area contributed by atoms with Gasteiger partial charge in [-0.2, -0.15) is 0 Å². The zero-order valence-electron chi connectivity index (χ0n) is 28.8. The minimum atomic E-state index is 1.09. The summed E-state index contributed by atoms with van der Waals surface area (Å²) in [7, 11) is 0. The molecule has 1 aliphatic carbocycles. The molecule has 0 aromatic heterocycles. The SMILES string of the molecule is CC.CC.CC.CC1=C(C)Cc2ccccc2C1.CC1=C(C)Nc2ccccc2C1.CC1=C(C)Nc2ccccc2C1. The molecule has 3 aromatic carbocycles. The van der Waals surface area contributed by atoms with Gasteiger partial charge < -0.3 is 10.6 Å². The minimum Gasteiger partial charge on any atom is -0.359 e. The van der Waals surface area contributed by atoms with Gasteiger partial charge in [-0.1, -0.05) is 113 Å². The number of benzene rings is 3. The second-order valence-corrected chi connectivity index (χ2v) is 10.4. The van der Waals surface area contributed by atoms with Gasteiger partial charge in [0, 0.05) is 22.8 Å². The molecule has 0 saturated carbocycles. The van der Waals surface area contributed by atoms with E-state index in [0.717, 1.165) is 25.7 Å². The topological polar surface area (TPSA) is 24.1 Å². The molecule has 2 heterocycles. The fraction of sp³-hybridized carbons (Fsp3) is 0.400. The van der Waals surface area contributed by atoms with E-state index in [9.17, 15) is 0 Å². The van der Waals surface area contributed by atoms with Crippen LogP contribution in [0.1, 0.15) is 105 Å². The van der Waals surface area contributed by atoms with Crippen LogP contribution in [-0.2, 0) is 25.7 Å². The molecular formula is C40H58N2. The number of hydrogen-bond acceptors (Lipinski definition) is 2. The summed E-state index contributed by atoms with van der Waals surface area (Å²) in [5, 5.41) is 6.78. The van der Waals surface area contributed by atoms with Crippen LogP contribution in [0.15, 0.2) is 106 Å². The van der Waals surface area contributed by atoms with E-state index in [2.05, 4.69) is 125 Å². The maximum atomic E-state index is 3.39. The van der Waals surface area contributed by atoms with Gasteiger partial charge >= 0.3 is 0 Å². The molecule has 3 aromatic rings. The molecule has 2 nitrogen and oxygen atoms in total. The number of nitrogens with one attached hydrogen (secondary N) is 2. The Labute approximate surface area is 259 Å². The molecule has 0 radical (unpaired) electrons. The summed E-state index contributed by atoms with van der Waals surface area (Å²) < 4.78 is 0. The van der Waals surface area contributed by atoms with Crippen molar-refractivity contribution in [2.24, 2.45) is 0 Å². The van der Waals surface area contributed by atoms with E-state index >= 15 is 0 Å². The fourth-order valence-electron chi connectivity index (χ4n) is 4.82. The first-order valence-corrected chi connectivity index (χ1v) is 16.1. The van der Waals surface area contributed by atoms with E-state index in [0.29, 0.717) is 0 Å². The van der Waals surface area contributed by atoms with Crippen molar-refractivity contribution in [3.05, 3.63) is 129 Å². The third kappa shape index (κ3) is 10.7. The first-order chi connectivity index (χ1) is 20.3. The van der Waals surface area contributed by atoms with Crippen molar-refractivity contribution in [2.75, 3.05) is 10.6 Å². The van der Waals surface area contributed by atoms with Gasteiger partial charge in [-0.15, -0.1) is 0 Å². The van der Waals surface area contributed by atoms with E-state index in [1.165, 1.54) is 56.2 Å². The Morgan fingerprint density at radius 3 is 0.952 bits per heavy atom. The Morgan fingerprint density at radius 2 is 0.619 bits per heavy atom. The van der Waals surface area contributed by atoms with Crippen molar-refractivity contribution >= 4 is 11.4 Å². The molecule has 0 unspecified atom stereocenters. The molecule has 0 fully saturated rings. The summed E-state index contributed by atoms with van der Waals surface area (Å²) in [6.07, 6.45) is 4.49. The second kappa shape index (κ2) is 19.6. The lowest BCUT2D eigenvalue weighted by Crippen LogP contribution is -2.08. The van der Waals surface area contributed by atoms with Gasteiger partial charge in [-0.05, 0) is 113 Å². The van der Waals surface area contributed by atoms with E-state index in [1.54, 1.807) is 11.1 Å². The summed E-state index contributed by atoms with van der Waals surface area (Å²) in [4.78, 5) is 0. The van der Waals surface area contributed by atoms with E-state index in [-0.39, 0.29) is 0 Å². The van der Waals surface area contributed by atoms with E-state index in [4.69, 9.17) is 0 Å². The van der Waals surface area contributed by atoms with Gasteiger partial charge in [0.25, 0.3) is 0 Å². The summed E-state index contributed by atoms with van der Waals surface area (Å²) in [5.41, 5.74) is 16.9. The first kappa shape index (κ1) is 36.5. The van der Waals surface area contributed by atoms with Gasteiger partial charge in [-0.3, -0.25) is 0 Å². The zero-order chi connectivity index (χ0) is 31.7. The predicted molar refractivity (Wildman–Crippen MR) is 191 cm³/mol. The molecule has 228 valence electrons. The average Bonchev–Trinajstić information content (AvgIpc) is 3.02. The molecule has 2 heteroatoms. The number of para-hydroxylation sites is 2. The third-order valence-corrected chi connectivity index (χ3v) is 7.63. The fourth-order valence-corrected chi connectivity index (χ4v) is 4.82. The molecule has 2 N–H and O–H groups in total. The van der Waals surface area contributed by atoms with Crippen molar-refractivity contribution < 1.29 is 0 Å². The lowest BCUT2D eigenvalue weighted by atomic mass is 9.88. The van der Waals surface area contributed by atoms with Crippen LogP contribution in [-0.4, -0.2) is 0 Å². The highest BCUT2D eigenvalue weighted by atomic mass is 14.9. The number of allylic oxidation sites excluding steroid dienone is 6. The minimum absolute atomic E-state index is 1.09. The van der Waals surface area contributed by atoms with Crippen LogP contribution >= 0.6 is 0 Å². The summed E-state index contributed by atoms with van der Waals surface area (Å²) in [5.74, 6) is 0. The quantitative estimate of drug-likeness (QED) is 0.264. The largest absolute Gasteiger partial charge is 0.359 e. The van der Waals surface area contributed by atoms with Crippen molar-refractivity contribution in [1.29, 1.82) is 0 Å². The van der Waals surface area contributed by atoms with Gasteiger partial charge in [0.15, 0.2) is 0 Å².